The summed E-state index contributed by atoms with van der Waals surface area (Å²) in [6.07, 6.45) is 2.92. The first kappa shape index (κ1) is 24.8. The molecule has 3 rings (SSSR count). The van der Waals surface area contributed by atoms with E-state index < -0.39 is 4.75 Å². The lowest BCUT2D eigenvalue weighted by Crippen LogP contribution is -2.35. The summed E-state index contributed by atoms with van der Waals surface area (Å²) in [5.41, 5.74) is 2.71. The number of thioether (sulfide) groups is 1. The molecular formula is C25H30N2O5S. The minimum Gasteiger partial charge on any atom is -0.493 e. The molecule has 1 aromatic heterocycles. The molecule has 1 aromatic carbocycles. The van der Waals surface area contributed by atoms with Gasteiger partial charge in [0.25, 0.3) is 5.24 Å². The highest BCUT2D eigenvalue weighted by molar-refractivity contribution is 8.16. The molecule has 8 heteroatoms. The smallest absolute Gasteiger partial charge is 0.306 e. The normalized spacial score (nSPS) is 18.8. The number of hydrogen-bond donors (Lipinski definition) is 1. The molecule has 0 radical (unpaired) electrons. The van der Waals surface area contributed by atoms with E-state index in [4.69, 9.17) is 9.47 Å². The van der Waals surface area contributed by atoms with Gasteiger partial charge in [-0.05, 0) is 61.7 Å². The Balaban J connectivity index is 1.45. The molecule has 0 saturated carbocycles. The van der Waals surface area contributed by atoms with Crippen molar-refractivity contribution in [1.82, 2.24) is 10.3 Å². The van der Waals surface area contributed by atoms with Crippen LogP contribution in [-0.4, -0.2) is 33.5 Å². The maximum atomic E-state index is 12.0. The molecule has 0 bridgehead atoms. The lowest BCUT2D eigenvalue weighted by atomic mass is 9.99. The Hall–Kier alpha value is -2.87. The number of hydrogen-bond acceptors (Lipinski definition) is 7. The quantitative estimate of drug-likeness (QED) is 0.506. The Morgan fingerprint density at radius 1 is 1.12 bits per heavy atom. The van der Waals surface area contributed by atoms with E-state index in [2.05, 4.69) is 10.3 Å². The maximum Gasteiger partial charge on any atom is 0.306 e. The fourth-order valence-corrected chi connectivity index (χ4v) is 4.39. The zero-order chi connectivity index (χ0) is 24.0. The van der Waals surface area contributed by atoms with Crippen LogP contribution in [0.15, 0.2) is 42.6 Å². The van der Waals surface area contributed by atoms with E-state index in [0.717, 1.165) is 34.3 Å². The number of nitrogens with one attached hydrogen (secondary N) is 1. The van der Waals surface area contributed by atoms with Crippen LogP contribution < -0.4 is 10.1 Å². The number of nitrogens with zero attached hydrogens (tertiary/aromatic N) is 1. The second-order valence-electron chi connectivity index (χ2n) is 8.81. The Morgan fingerprint density at radius 3 is 2.42 bits per heavy atom. The Morgan fingerprint density at radius 2 is 1.85 bits per heavy atom. The van der Waals surface area contributed by atoms with E-state index in [1.807, 2.05) is 57.2 Å². The van der Waals surface area contributed by atoms with Crippen LogP contribution in [0.1, 0.15) is 57.0 Å². The summed E-state index contributed by atoms with van der Waals surface area (Å²) < 4.78 is 10.5. The van der Waals surface area contributed by atoms with Crippen molar-refractivity contribution in [2.45, 2.75) is 57.8 Å². The third-order valence-corrected chi connectivity index (χ3v) is 6.37. The fraction of sp³-hybridized carbons (Fsp3) is 0.440. The summed E-state index contributed by atoms with van der Waals surface area (Å²) in [6.45, 7) is 8.05. The van der Waals surface area contributed by atoms with Gasteiger partial charge in [-0.3, -0.25) is 24.7 Å². The van der Waals surface area contributed by atoms with E-state index in [-0.39, 0.29) is 29.1 Å². The van der Waals surface area contributed by atoms with E-state index in [1.54, 1.807) is 13.1 Å². The van der Waals surface area contributed by atoms with Gasteiger partial charge in [-0.2, -0.15) is 0 Å². The minimum atomic E-state index is -0.776. The predicted molar refractivity (Wildman–Crippen MR) is 127 cm³/mol. The summed E-state index contributed by atoms with van der Waals surface area (Å²) in [6, 6.07) is 11.4. The number of ether oxygens (including phenoxy) is 2. The van der Waals surface area contributed by atoms with E-state index in [0.29, 0.717) is 25.9 Å². The average Bonchev–Trinajstić information content (AvgIpc) is 3.00. The van der Waals surface area contributed by atoms with E-state index in [9.17, 15) is 14.4 Å². The summed E-state index contributed by atoms with van der Waals surface area (Å²) >= 11 is 1.03. The van der Waals surface area contributed by atoms with Crippen LogP contribution in [0.25, 0.3) is 0 Å². The van der Waals surface area contributed by atoms with Crippen molar-refractivity contribution in [1.29, 1.82) is 0 Å². The van der Waals surface area contributed by atoms with Crippen molar-refractivity contribution >= 4 is 28.9 Å². The molecule has 7 nitrogen and oxygen atoms in total. The Labute approximate surface area is 198 Å². The number of imide groups is 1. The molecule has 33 heavy (non-hydrogen) atoms. The molecule has 2 atom stereocenters. The predicted octanol–water partition coefficient (Wildman–Crippen LogP) is 4.64. The first-order valence-corrected chi connectivity index (χ1v) is 11.9. The van der Waals surface area contributed by atoms with Crippen LogP contribution in [0.5, 0.6) is 5.75 Å². The number of carbonyl (C=O) groups excluding carboxylic acids is 3. The molecule has 2 aromatic rings. The van der Waals surface area contributed by atoms with Crippen LogP contribution in [-0.2, 0) is 27.2 Å². The monoisotopic (exact) mass is 470 g/mol. The highest BCUT2D eigenvalue weighted by atomic mass is 32.2. The topological polar surface area (TPSA) is 94.6 Å². The molecule has 1 fully saturated rings. The van der Waals surface area contributed by atoms with E-state index in [1.165, 1.54) is 0 Å². The second kappa shape index (κ2) is 10.8. The van der Waals surface area contributed by atoms with Gasteiger partial charge < -0.3 is 9.47 Å². The molecular weight excluding hydrogens is 440 g/mol. The van der Waals surface area contributed by atoms with Gasteiger partial charge in [0.05, 0.1) is 6.61 Å². The summed E-state index contributed by atoms with van der Waals surface area (Å²) in [4.78, 5) is 39.7. The van der Waals surface area contributed by atoms with Gasteiger partial charge in [-0.25, -0.2) is 0 Å². The summed E-state index contributed by atoms with van der Waals surface area (Å²) in [5.74, 6) is 0.544. The lowest BCUT2D eigenvalue weighted by molar-refractivity contribution is -0.149. The maximum absolute atomic E-state index is 12.0. The molecule has 176 valence electrons. The number of amides is 2. The first-order valence-electron chi connectivity index (χ1n) is 11.0. The van der Waals surface area contributed by atoms with Gasteiger partial charge >= 0.3 is 5.97 Å². The fourth-order valence-electron chi connectivity index (χ4n) is 3.46. The summed E-state index contributed by atoms with van der Waals surface area (Å²) in [5, 5.41) is 2.04. The molecule has 2 heterocycles. The molecule has 0 aliphatic carbocycles. The van der Waals surface area contributed by atoms with Crippen LogP contribution >= 0.6 is 11.8 Å². The van der Waals surface area contributed by atoms with Crippen molar-refractivity contribution in [2.24, 2.45) is 5.92 Å². The Kier molecular flexibility index (Phi) is 8.13. The standard InChI is InChI=1S/C25H30N2O5S/c1-16(2)13-22(28)32-17(3)19-7-8-20(26-15-19)11-12-31-21-9-5-18(6-10-21)14-25(4)23(29)27-24(30)33-25/h5-10,15-17H,11-14H2,1-4H3,(H,27,29,30)/t17?,25-/m1/s1. The van der Waals surface area contributed by atoms with Gasteiger partial charge in [0.2, 0.25) is 5.91 Å². The number of esters is 1. The molecule has 0 spiro atoms. The van der Waals surface area contributed by atoms with Crippen LogP contribution in [0.3, 0.4) is 0 Å². The average molecular weight is 471 g/mol. The number of benzene rings is 1. The molecule has 1 saturated heterocycles. The number of carbonyl (C=O) groups is 3. The van der Waals surface area contributed by atoms with Gasteiger partial charge in [0.15, 0.2) is 0 Å². The third-order valence-electron chi connectivity index (χ3n) is 5.31. The molecule has 1 aliphatic heterocycles. The van der Waals surface area contributed by atoms with Crippen molar-refractivity contribution < 1.29 is 23.9 Å². The van der Waals surface area contributed by atoms with Gasteiger partial charge in [-0.1, -0.05) is 32.0 Å². The van der Waals surface area contributed by atoms with Crippen LogP contribution in [0.2, 0.25) is 0 Å². The van der Waals surface area contributed by atoms with E-state index >= 15 is 0 Å². The molecule has 1 N–H and O–H groups in total. The number of aromatic nitrogens is 1. The lowest BCUT2D eigenvalue weighted by Gasteiger charge is -2.18. The van der Waals surface area contributed by atoms with Gasteiger partial charge in [0, 0.05) is 30.3 Å². The van der Waals surface area contributed by atoms with Gasteiger partial charge in [-0.15, -0.1) is 0 Å². The van der Waals surface area contributed by atoms with Gasteiger partial charge in [0.1, 0.15) is 16.6 Å². The van der Waals surface area contributed by atoms with Crippen LogP contribution in [0.4, 0.5) is 4.79 Å². The molecule has 2 amide bonds. The number of rotatable bonds is 10. The first-order chi connectivity index (χ1) is 15.6. The largest absolute Gasteiger partial charge is 0.493 e. The SMILES string of the molecule is CC(C)CC(=O)OC(C)c1ccc(CCOc2ccc(C[C@@]3(C)SC(=O)NC3=O)cc2)nc1. The van der Waals surface area contributed by atoms with Crippen molar-refractivity contribution in [3.63, 3.8) is 0 Å². The van der Waals surface area contributed by atoms with Crippen molar-refractivity contribution in [2.75, 3.05) is 6.61 Å². The van der Waals surface area contributed by atoms with Crippen molar-refractivity contribution in [3.8, 4) is 5.75 Å². The zero-order valence-corrected chi connectivity index (χ0v) is 20.2. The third kappa shape index (κ3) is 7.05. The second-order valence-corrected chi connectivity index (χ2v) is 10.3. The summed E-state index contributed by atoms with van der Waals surface area (Å²) in [7, 11) is 0. The Bertz CT molecular complexity index is 991. The molecule has 1 aliphatic rings. The van der Waals surface area contributed by atoms with Crippen LogP contribution in [0, 0.1) is 5.92 Å². The number of pyridine rings is 1. The highest BCUT2D eigenvalue weighted by Gasteiger charge is 2.43. The molecule has 1 unspecified atom stereocenters. The minimum absolute atomic E-state index is 0.200. The highest BCUT2D eigenvalue weighted by Crippen LogP contribution is 2.34. The van der Waals surface area contributed by atoms with Crippen molar-refractivity contribution in [3.05, 3.63) is 59.4 Å². The zero-order valence-electron chi connectivity index (χ0n) is 19.4.